The van der Waals surface area contributed by atoms with E-state index in [1.54, 1.807) is 0 Å². The molecule has 0 unspecified atom stereocenters. The van der Waals surface area contributed by atoms with Crippen LogP contribution in [0, 0.1) is 27.7 Å². The first-order valence-electron chi connectivity index (χ1n) is 9.56. The summed E-state index contributed by atoms with van der Waals surface area (Å²) >= 11 is 0. The van der Waals surface area contributed by atoms with Gasteiger partial charge in [0.15, 0.2) is 0 Å². The summed E-state index contributed by atoms with van der Waals surface area (Å²) in [5.74, 6) is 1.40. The van der Waals surface area contributed by atoms with E-state index < -0.39 is 0 Å². The van der Waals surface area contributed by atoms with Crippen LogP contribution < -0.4 is 5.32 Å². The smallest absolute Gasteiger partial charge is 0.138 e. The van der Waals surface area contributed by atoms with Gasteiger partial charge in [-0.05, 0) is 75.4 Å². The van der Waals surface area contributed by atoms with Crippen LogP contribution in [0.2, 0.25) is 0 Å². The summed E-state index contributed by atoms with van der Waals surface area (Å²) in [7, 11) is 0. The summed E-state index contributed by atoms with van der Waals surface area (Å²) < 4.78 is 0. The van der Waals surface area contributed by atoms with Crippen LogP contribution in [0.4, 0.5) is 11.5 Å². The third-order valence-electron chi connectivity index (χ3n) is 5.60. The van der Waals surface area contributed by atoms with Crippen LogP contribution in [-0.2, 0) is 0 Å². The molecule has 1 N–H and O–H groups in total. The molecule has 0 bridgehead atoms. The first-order chi connectivity index (χ1) is 12.5. The van der Waals surface area contributed by atoms with Crippen molar-refractivity contribution in [1.82, 2.24) is 9.97 Å². The molecule has 0 fully saturated rings. The maximum atomic E-state index is 4.80. The first kappa shape index (κ1) is 18.4. The Morgan fingerprint density at radius 3 is 2.35 bits per heavy atom. The van der Waals surface area contributed by atoms with Crippen molar-refractivity contribution in [3.8, 4) is 0 Å². The Labute approximate surface area is 156 Å². The van der Waals surface area contributed by atoms with Crippen molar-refractivity contribution in [1.29, 1.82) is 0 Å². The van der Waals surface area contributed by atoms with E-state index in [1.165, 1.54) is 27.8 Å². The molecule has 3 heteroatoms. The highest BCUT2D eigenvalue weighted by Gasteiger charge is 2.16. The fourth-order valence-electron chi connectivity index (χ4n) is 3.64. The standard InChI is InChI=1S/C23H29N3/c1-7-18(8-2)22-20-13-15(4)25-23(19(20)11-12-24-22)26-21-10-9-14(3)16(5)17(21)6/h9-13,18H,7-8H2,1-6H3,(H,25,26). The Hall–Kier alpha value is -2.42. The van der Waals surface area contributed by atoms with Gasteiger partial charge in [-0.2, -0.15) is 0 Å². The number of pyridine rings is 2. The molecular weight excluding hydrogens is 318 g/mol. The molecule has 3 rings (SSSR count). The van der Waals surface area contributed by atoms with Crippen LogP contribution in [0.15, 0.2) is 30.5 Å². The molecule has 26 heavy (non-hydrogen) atoms. The Balaban J connectivity index is 2.15. The molecule has 3 nitrogen and oxygen atoms in total. The summed E-state index contributed by atoms with van der Waals surface area (Å²) in [6.45, 7) is 13.0. The van der Waals surface area contributed by atoms with Crippen LogP contribution in [0.25, 0.3) is 10.8 Å². The zero-order chi connectivity index (χ0) is 18.8. The highest BCUT2D eigenvalue weighted by atomic mass is 15.0. The van der Waals surface area contributed by atoms with Gasteiger partial charge in [-0.3, -0.25) is 4.98 Å². The quantitative estimate of drug-likeness (QED) is 0.571. The van der Waals surface area contributed by atoms with E-state index in [9.17, 15) is 0 Å². The minimum absolute atomic E-state index is 0.483. The highest BCUT2D eigenvalue weighted by molar-refractivity contribution is 5.95. The molecule has 3 aromatic rings. The van der Waals surface area contributed by atoms with Crippen molar-refractivity contribution in [3.05, 3.63) is 58.5 Å². The van der Waals surface area contributed by atoms with Gasteiger partial charge in [-0.1, -0.05) is 19.9 Å². The number of nitrogens with one attached hydrogen (secondary N) is 1. The van der Waals surface area contributed by atoms with Crippen LogP contribution in [0.1, 0.15) is 60.7 Å². The number of aryl methyl sites for hydroxylation is 2. The maximum absolute atomic E-state index is 4.80. The van der Waals surface area contributed by atoms with E-state index in [-0.39, 0.29) is 0 Å². The Bertz CT molecular complexity index is 940. The third kappa shape index (κ3) is 3.31. The van der Waals surface area contributed by atoms with Gasteiger partial charge in [0, 0.05) is 34.3 Å². The average Bonchev–Trinajstić information content (AvgIpc) is 2.63. The lowest BCUT2D eigenvalue weighted by molar-refractivity contribution is 0.629. The molecule has 0 spiro atoms. The minimum atomic E-state index is 0.483. The summed E-state index contributed by atoms with van der Waals surface area (Å²) in [6, 6.07) is 8.57. The van der Waals surface area contributed by atoms with Crippen LogP contribution in [0.3, 0.4) is 0 Å². The van der Waals surface area contributed by atoms with Crippen LogP contribution in [-0.4, -0.2) is 9.97 Å². The molecule has 0 saturated heterocycles. The lowest BCUT2D eigenvalue weighted by Crippen LogP contribution is -2.04. The molecule has 0 radical (unpaired) electrons. The van der Waals surface area contributed by atoms with E-state index in [0.717, 1.165) is 35.4 Å². The molecule has 136 valence electrons. The second-order valence-corrected chi connectivity index (χ2v) is 7.22. The minimum Gasteiger partial charge on any atom is -0.339 e. The number of nitrogens with zero attached hydrogens (tertiary/aromatic N) is 2. The van der Waals surface area contributed by atoms with Crippen molar-refractivity contribution >= 4 is 22.3 Å². The normalized spacial score (nSPS) is 11.3. The molecule has 0 amide bonds. The first-order valence-corrected chi connectivity index (χ1v) is 9.56. The van der Waals surface area contributed by atoms with Gasteiger partial charge in [-0.25, -0.2) is 4.98 Å². The summed E-state index contributed by atoms with van der Waals surface area (Å²) in [5.41, 5.74) is 7.24. The zero-order valence-electron chi connectivity index (χ0n) is 16.8. The largest absolute Gasteiger partial charge is 0.339 e. The molecule has 0 atom stereocenters. The van der Waals surface area contributed by atoms with Gasteiger partial charge in [-0.15, -0.1) is 0 Å². The third-order valence-corrected chi connectivity index (χ3v) is 5.60. The molecule has 1 aromatic carbocycles. The van der Waals surface area contributed by atoms with E-state index in [4.69, 9.17) is 9.97 Å². The number of rotatable bonds is 5. The van der Waals surface area contributed by atoms with E-state index in [2.05, 4.69) is 71.1 Å². The molecule has 0 aliphatic carbocycles. The number of benzene rings is 1. The molecule has 0 saturated carbocycles. The van der Waals surface area contributed by atoms with Crippen LogP contribution >= 0.6 is 0 Å². The SMILES string of the molecule is CCC(CC)c1nccc2c(Nc3ccc(C)c(C)c3C)nc(C)cc12. The fraction of sp³-hybridized carbons (Fsp3) is 0.391. The van der Waals surface area contributed by atoms with Crippen molar-refractivity contribution < 1.29 is 0 Å². The predicted molar refractivity (Wildman–Crippen MR) is 112 cm³/mol. The summed E-state index contributed by atoms with van der Waals surface area (Å²) in [6.07, 6.45) is 4.12. The van der Waals surface area contributed by atoms with E-state index in [1.807, 2.05) is 6.20 Å². The number of fused-ring (bicyclic) bond motifs is 1. The van der Waals surface area contributed by atoms with Crippen LogP contribution in [0.5, 0.6) is 0 Å². The second kappa shape index (κ2) is 7.45. The number of anilines is 2. The topological polar surface area (TPSA) is 37.8 Å². The molecular formula is C23H29N3. The molecule has 2 heterocycles. The second-order valence-electron chi connectivity index (χ2n) is 7.22. The maximum Gasteiger partial charge on any atom is 0.138 e. The zero-order valence-corrected chi connectivity index (χ0v) is 16.8. The summed E-state index contributed by atoms with van der Waals surface area (Å²) in [5, 5.41) is 5.95. The fourth-order valence-corrected chi connectivity index (χ4v) is 3.64. The van der Waals surface area contributed by atoms with Crippen molar-refractivity contribution in [3.63, 3.8) is 0 Å². The van der Waals surface area contributed by atoms with Crippen molar-refractivity contribution in [2.24, 2.45) is 0 Å². The Kier molecular flexibility index (Phi) is 5.26. The van der Waals surface area contributed by atoms with Gasteiger partial charge < -0.3 is 5.32 Å². The van der Waals surface area contributed by atoms with Gasteiger partial charge in [0.05, 0.1) is 5.69 Å². The van der Waals surface area contributed by atoms with E-state index >= 15 is 0 Å². The number of aromatic nitrogens is 2. The van der Waals surface area contributed by atoms with Gasteiger partial charge in [0.1, 0.15) is 5.82 Å². The van der Waals surface area contributed by atoms with Crippen molar-refractivity contribution in [2.75, 3.05) is 5.32 Å². The van der Waals surface area contributed by atoms with E-state index in [0.29, 0.717) is 5.92 Å². The molecule has 2 aromatic heterocycles. The Morgan fingerprint density at radius 2 is 1.65 bits per heavy atom. The molecule has 0 aliphatic heterocycles. The summed E-state index contributed by atoms with van der Waals surface area (Å²) in [4.78, 5) is 9.53. The number of hydrogen-bond donors (Lipinski definition) is 1. The predicted octanol–water partition coefficient (Wildman–Crippen LogP) is 6.51. The lowest BCUT2D eigenvalue weighted by atomic mass is 9.94. The van der Waals surface area contributed by atoms with Gasteiger partial charge >= 0.3 is 0 Å². The highest BCUT2D eigenvalue weighted by Crippen LogP contribution is 2.33. The molecule has 0 aliphatic rings. The van der Waals surface area contributed by atoms with Crippen molar-refractivity contribution in [2.45, 2.75) is 60.3 Å². The Morgan fingerprint density at radius 1 is 0.923 bits per heavy atom. The monoisotopic (exact) mass is 347 g/mol. The van der Waals surface area contributed by atoms with Gasteiger partial charge in [0.2, 0.25) is 0 Å². The number of hydrogen-bond acceptors (Lipinski definition) is 3. The van der Waals surface area contributed by atoms with Gasteiger partial charge in [0.25, 0.3) is 0 Å². The lowest BCUT2D eigenvalue weighted by Gasteiger charge is -2.18. The average molecular weight is 348 g/mol.